The predicted molar refractivity (Wildman–Crippen MR) is 77.6 cm³/mol. The Kier molecular flexibility index (Phi) is 4.07. The molecule has 21 heavy (non-hydrogen) atoms. The summed E-state index contributed by atoms with van der Waals surface area (Å²) in [5.41, 5.74) is 4.67. The Labute approximate surface area is 124 Å². The lowest BCUT2D eigenvalue weighted by Crippen LogP contribution is -2.44. The Hall–Kier alpha value is -1.85. The van der Waals surface area contributed by atoms with Gasteiger partial charge in [-0.25, -0.2) is 4.98 Å². The standard InChI is InChI=1S/C15H23N3O3/c1-14(2,3)10-8-17-12(21-10)11(19)18-9-15(13(16)20)6-4-5-7-15/h8H,4-7,9H2,1-3H3,(H2,16,20)(H,18,19). The van der Waals surface area contributed by atoms with Crippen LogP contribution < -0.4 is 11.1 Å². The SMILES string of the molecule is CC(C)(C)c1cnc(C(=O)NCC2(C(N)=O)CCCC2)o1. The molecule has 0 aromatic carbocycles. The maximum atomic E-state index is 12.1. The van der Waals surface area contributed by atoms with E-state index in [1.807, 2.05) is 20.8 Å². The van der Waals surface area contributed by atoms with Gasteiger partial charge in [0.2, 0.25) is 5.91 Å². The van der Waals surface area contributed by atoms with Gasteiger partial charge in [-0.1, -0.05) is 33.6 Å². The second-order valence-electron chi connectivity index (χ2n) is 6.81. The fraction of sp³-hybridized carbons (Fsp3) is 0.667. The number of nitrogens with two attached hydrogens (primary N) is 1. The second-order valence-corrected chi connectivity index (χ2v) is 6.81. The highest BCUT2D eigenvalue weighted by molar-refractivity contribution is 5.90. The van der Waals surface area contributed by atoms with Gasteiger partial charge >= 0.3 is 5.91 Å². The summed E-state index contributed by atoms with van der Waals surface area (Å²) < 4.78 is 5.48. The molecule has 1 fully saturated rings. The van der Waals surface area contributed by atoms with Gasteiger partial charge in [0, 0.05) is 12.0 Å². The molecule has 0 radical (unpaired) electrons. The van der Waals surface area contributed by atoms with Crippen molar-refractivity contribution in [2.75, 3.05) is 6.54 Å². The highest BCUT2D eigenvalue weighted by Crippen LogP contribution is 2.37. The van der Waals surface area contributed by atoms with Crippen LogP contribution in [0.1, 0.15) is 62.9 Å². The third kappa shape index (κ3) is 3.25. The highest BCUT2D eigenvalue weighted by atomic mass is 16.4. The van der Waals surface area contributed by atoms with Crippen LogP contribution in [-0.2, 0) is 10.2 Å². The summed E-state index contributed by atoms with van der Waals surface area (Å²) in [6.07, 6.45) is 4.94. The Morgan fingerprint density at radius 2 is 2.00 bits per heavy atom. The molecular weight excluding hydrogens is 270 g/mol. The number of oxazole rings is 1. The van der Waals surface area contributed by atoms with Crippen LogP contribution in [0.2, 0.25) is 0 Å². The van der Waals surface area contributed by atoms with Gasteiger partial charge in [-0.3, -0.25) is 9.59 Å². The zero-order valence-corrected chi connectivity index (χ0v) is 12.9. The van der Waals surface area contributed by atoms with Gasteiger partial charge < -0.3 is 15.5 Å². The molecule has 1 aromatic rings. The minimum atomic E-state index is -0.616. The van der Waals surface area contributed by atoms with Gasteiger partial charge in [0.15, 0.2) is 0 Å². The number of hydrogen-bond acceptors (Lipinski definition) is 4. The first kappa shape index (κ1) is 15.5. The molecule has 0 atom stereocenters. The van der Waals surface area contributed by atoms with Crippen molar-refractivity contribution < 1.29 is 14.0 Å². The summed E-state index contributed by atoms with van der Waals surface area (Å²) in [6, 6.07) is 0. The molecule has 0 aliphatic heterocycles. The van der Waals surface area contributed by atoms with Crippen molar-refractivity contribution in [3.63, 3.8) is 0 Å². The minimum absolute atomic E-state index is 0.0255. The fourth-order valence-corrected chi connectivity index (χ4v) is 2.61. The average Bonchev–Trinajstić information content (AvgIpc) is 3.05. The summed E-state index contributed by atoms with van der Waals surface area (Å²) in [6.45, 7) is 6.19. The number of carbonyl (C=O) groups is 2. The lowest BCUT2D eigenvalue weighted by molar-refractivity contribution is -0.127. The van der Waals surface area contributed by atoms with Gasteiger partial charge in [0.05, 0.1) is 11.6 Å². The van der Waals surface area contributed by atoms with Gasteiger partial charge in [0.25, 0.3) is 5.89 Å². The Morgan fingerprint density at radius 1 is 1.38 bits per heavy atom. The van der Waals surface area contributed by atoms with Gasteiger partial charge in [0.1, 0.15) is 5.76 Å². The van der Waals surface area contributed by atoms with Crippen molar-refractivity contribution in [3.05, 3.63) is 17.8 Å². The number of nitrogens with zero attached hydrogens (tertiary/aromatic N) is 1. The number of hydrogen-bond donors (Lipinski definition) is 2. The van der Waals surface area contributed by atoms with E-state index in [1.54, 1.807) is 6.20 Å². The Balaban J connectivity index is 2.02. The number of carbonyl (C=O) groups excluding carboxylic acids is 2. The molecule has 3 N–H and O–H groups in total. The van der Waals surface area contributed by atoms with Crippen LogP contribution in [0.3, 0.4) is 0 Å². The third-order valence-corrected chi connectivity index (χ3v) is 4.11. The topological polar surface area (TPSA) is 98.2 Å². The van der Waals surface area contributed by atoms with Crippen LogP contribution >= 0.6 is 0 Å². The summed E-state index contributed by atoms with van der Waals surface area (Å²) in [4.78, 5) is 27.7. The van der Waals surface area contributed by atoms with Crippen molar-refractivity contribution >= 4 is 11.8 Å². The molecule has 0 spiro atoms. The monoisotopic (exact) mass is 293 g/mol. The molecule has 2 rings (SSSR count). The zero-order chi connectivity index (χ0) is 15.7. The molecule has 0 unspecified atom stereocenters. The van der Waals surface area contributed by atoms with Crippen molar-refractivity contribution in [3.8, 4) is 0 Å². The molecule has 1 heterocycles. The van der Waals surface area contributed by atoms with E-state index in [1.165, 1.54) is 0 Å². The fourth-order valence-electron chi connectivity index (χ4n) is 2.61. The second kappa shape index (κ2) is 5.50. The third-order valence-electron chi connectivity index (χ3n) is 4.11. The van der Waals surface area contributed by atoms with Crippen molar-refractivity contribution in [1.29, 1.82) is 0 Å². The quantitative estimate of drug-likeness (QED) is 0.883. The zero-order valence-electron chi connectivity index (χ0n) is 12.9. The normalized spacial score (nSPS) is 17.7. The van der Waals surface area contributed by atoms with Crippen LogP contribution in [0.15, 0.2) is 10.6 Å². The summed E-state index contributed by atoms with van der Waals surface area (Å²) in [5.74, 6) is -0.0724. The largest absolute Gasteiger partial charge is 0.437 e. The number of amides is 2. The van der Waals surface area contributed by atoms with Crippen LogP contribution in [-0.4, -0.2) is 23.3 Å². The smallest absolute Gasteiger partial charge is 0.307 e. The van der Waals surface area contributed by atoms with Crippen LogP contribution in [0.25, 0.3) is 0 Å². The Bertz CT molecular complexity index is 537. The molecule has 6 nitrogen and oxygen atoms in total. The first-order valence-corrected chi connectivity index (χ1v) is 7.29. The van der Waals surface area contributed by atoms with E-state index in [-0.39, 0.29) is 23.8 Å². The molecule has 0 bridgehead atoms. The van der Waals surface area contributed by atoms with Crippen molar-refractivity contribution in [1.82, 2.24) is 10.3 Å². The van der Waals surface area contributed by atoms with E-state index in [9.17, 15) is 9.59 Å². The molecule has 2 amide bonds. The van der Waals surface area contributed by atoms with Gasteiger partial charge in [-0.15, -0.1) is 0 Å². The van der Waals surface area contributed by atoms with Crippen molar-refractivity contribution in [2.45, 2.75) is 51.9 Å². The van der Waals surface area contributed by atoms with E-state index in [0.717, 1.165) is 25.7 Å². The maximum Gasteiger partial charge on any atom is 0.307 e. The lowest BCUT2D eigenvalue weighted by Gasteiger charge is -2.24. The van der Waals surface area contributed by atoms with Crippen LogP contribution in [0, 0.1) is 5.41 Å². The van der Waals surface area contributed by atoms with E-state index in [4.69, 9.17) is 10.2 Å². The molecule has 1 aliphatic carbocycles. The van der Waals surface area contributed by atoms with Crippen LogP contribution in [0.5, 0.6) is 0 Å². The molecule has 1 saturated carbocycles. The van der Waals surface area contributed by atoms with E-state index >= 15 is 0 Å². The summed E-state index contributed by atoms with van der Waals surface area (Å²) >= 11 is 0. The first-order chi connectivity index (χ1) is 9.74. The molecule has 1 aromatic heterocycles. The van der Waals surface area contributed by atoms with E-state index < -0.39 is 11.3 Å². The molecule has 0 saturated heterocycles. The first-order valence-electron chi connectivity index (χ1n) is 7.29. The minimum Gasteiger partial charge on any atom is -0.437 e. The van der Waals surface area contributed by atoms with E-state index in [2.05, 4.69) is 10.3 Å². The molecule has 1 aliphatic rings. The van der Waals surface area contributed by atoms with E-state index in [0.29, 0.717) is 5.76 Å². The number of nitrogens with one attached hydrogen (secondary N) is 1. The molecule has 116 valence electrons. The highest BCUT2D eigenvalue weighted by Gasteiger charge is 2.40. The lowest BCUT2D eigenvalue weighted by atomic mass is 9.85. The number of aromatic nitrogens is 1. The summed E-state index contributed by atoms with van der Waals surface area (Å²) in [5, 5.41) is 2.73. The molecular formula is C15H23N3O3. The van der Waals surface area contributed by atoms with Crippen molar-refractivity contribution in [2.24, 2.45) is 11.1 Å². The van der Waals surface area contributed by atoms with Gasteiger partial charge in [-0.05, 0) is 12.8 Å². The maximum absolute atomic E-state index is 12.1. The average molecular weight is 293 g/mol. The predicted octanol–water partition coefficient (Wildman–Crippen LogP) is 1.75. The summed E-state index contributed by atoms with van der Waals surface area (Å²) in [7, 11) is 0. The van der Waals surface area contributed by atoms with Crippen LogP contribution in [0.4, 0.5) is 0 Å². The molecule has 6 heteroatoms. The Morgan fingerprint density at radius 3 is 2.48 bits per heavy atom. The van der Waals surface area contributed by atoms with Gasteiger partial charge in [-0.2, -0.15) is 0 Å². The number of primary amides is 1. The number of rotatable bonds is 4.